The highest BCUT2D eigenvalue weighted by molar-refractivity contribution is 5.94. The molecule has 1 amide bonds. The monoisotopic (exact) mass is 339 g/mol. The van der Waals surface area contributed by atoms with E-state index in [1.807, 2.05) is 12.1 Å². The highest BCUT2D eigenvalue weighted by Gasteiger charge is 2.21. The van der Waals surface area contributed by atoms with Gasteiger partial charge in [0.1, 0.15) is 11.6 Å². The molecule has 25 heavy (non-hydrogen) atoms. The summed E-state index contributed by atoms with van der Waals surface area (Å²) in [4.78, 5) is 21.2. The Kier molecular flexibility index (Phi) is 5.22. The summed E-state index contributed by atoms with van der Waals surface area (Å²) >= 11 is 0. The maximum Gasteiger partial charge on any atom is 0.254 e. The van der Waals surface area contributed by atoms with Crippen LogP contribution in [0.2, 0.25) is 0 Å². The summed E-state index contributed by atoms with van der Waals surface area (Å²) < 4.78 is 0. The first kappa shape index (κ1) is 17.3. The number of pyridine rings is 1. The Balaban J connectivity index is 1.74. The number of amides is 1. The van der Waals surface area contributed by atoms with Crippen molar-refractivity contribution < 1.29 is 9.90 Å². The lowest BCUT2D eigenvalue weighted by atomic mass is 10.0. The van der Waals surface area contributed by atoms with Crippen LogP contribution >= 0.6 is 0 Å². The second kappa shape index (κ2) is 7.55. The number of aromatic nitrogens is 1. The van der Waals surface area contributed by atoms with Crippen LogP contribution in [-0.2, 0) is 6.54 Å². The Morgan fingerprint density at radius 1 is 1.32 bits per heavy atom. The van der Waals surface area contributed by atoms with E-state index in [0.717, 1.165) is 24.3 Å². The number of aromatic hydroxyl groups is 1. The van der Waals surface area contributed by atoms with Crippen LogP contribution < -0.4 is 4.90 Å². The SMILES string of the molecule is CC1CCCCN1c1cc(C(=O)N(C)Cc2cccc(O)c2)ccn1. The third kappa shape index (κ3) is 4.10. The van der Waals surface area contributed by atoms with E-state index in [9.17, 15) is 9.90 Å². The maximum absolute atomic E-state index is 12.8. The van der Waals surface area contributed by atoms with Gasteiger partial charge < -0.3 is 14.9 Å². The van der Waals surface area contributed by atoms with Crippen LogP contribution in [0.3, 0.4) is 0 Å². The minimum atomic E-state index is -0.0448. The largest absolute Gasteiger partial charge is 0.508 e. The molecule has 0 saturated carbocycles. The third-order valence-corrected chi connectivity index (χ3v) is 4.77. The van der Waals surface area contributed by atoms with Crippen molar-refractivity contribution in [2.75, 3.05) is 18.5 Å². The molecule has 3 rings (SSSR count). The van der Waals surface area contributed by atoms with Crippen LogP contribution in [0.5, 0.6) is 5.75 Å². The molecule has 1 saturated heterocycles. The Morgan fingerprint density at radius 3 is 2.92 bits per heavy atom. The van der Waals surface area contributed by atoms with Crippen molar-refractivity contribution in [3.05, 3.63) is 53.7 Å². The average molecular weight is 339 g/mol. The van der Waals surface area contributed by atoms with Crippen molar-refractivity contribution in [1.29, 1.82) is 0 Å². The molecule has 5 heteroatoms. The standard InChI is InChI=1S/C20H25N3O2/c1-15-6-3-4-11-23(15)19-13-17(9-10-21-19)20(25)22(2)14-16-7-5-8-18(24)12-16/h5,7-10,12-13,15,24H,3-4,6,11,14H2,1-2H3. The van der Waals surface area contributed by atoms with E-state index in [1.54, 1.807) is 42.4 Å². The lowest BCUT2D eigenvalue weighted by Gasteiger charge is -2.34. The zero-order chi connectivity index (χ0) is 17.8. The molecule has 0 radical (unpaired) electrons. The normalized spacial score (nSPS) is 17.4. The fourth-order valence-electron chi connectivity index (χ4n) is 3.37. The van der Waals surface area contributed by atoms with E-state index in [4.69, 9.17) is 0 Å². The molecule has 1 aromatic heterocycles. The van der Waals surface area contributed by atoms with E-state index < -0.39 is 0 Å². The Morgan fingerprint density at radius 2 is 2.16 bits per heavy atom. The van der Waals surface area contributed by atoms with Gasteiger partial charge in [-0.05, 0) is 56.0 Å². The van der Waals surface area contributed by atoms with Gasteiger partial charge in [0.25, 0.3) is 5.91 Å². The van der Waals surface area contributed by atoms with Crippen molar-refractivity contribution in [2.45, 2.75) is 38.8 Å². The minimum absolute atomic E-state index is 0.0448. The number of piperidine rings is 1. The van der Waals surface area contributed by atoms with Crippen molar-refractivity contribution in [3.8, 4) is 5.75 Å². The quantitative estimate of drug-likeness (QED) is 0.927. The zero-order valence-corrected chi connectivity index (χ0v) is 14.9. The molecule has 1 aliphatic rings. The van der Waals surface area contributed by atoms with Gasteiger partial charge in [0, 0.05) is 37.9 Å². The molecule has 1 atom stereocenters. The molecule has 1 fully saturated rings. The molecule has 2 heterocycles. The Hall–Kier alpha value is -2.56. The highest BCUT2D eigenvalue weighted by atomic mass is 16.3. The molecule has 0 spiro atoms. The van der Waals surface area contributed by atoms with Gasteiger partial charge in [-0.1, -0.05) is 12.1 Å². The van der Waals surface area contributed by atoms with Gasteiger partial charge in [0.05, 0.1) is 0 Å². The highest BCUT2D eigenvalue weighted by Crippen LogP contribution is 2.24. The summed E-state index contributed by atoms with van der Waals surface area (Å²) in [5.41, 5.74) is 1.54. The minimum Gasteiger partial charge on any atom is -0.508 e. The number of rotatable bonds is 4. The third-order valence-electron chi connectivity index (χ3n) is 4.77. The molecule has 5 nitrogen and oxygen atoms in total. The molecule has 132 valence electrons. The van der Waals surface area contributed by atoms with Gasteiger partial charge in [-0.2, -0.15) is 0 Å². The summed E-state index contributed by atoms with van der Waals surface area (Å²) in [6, 6.07) is 11.1. The van der Waals surface area contributed by atoms with Gasteiger partial charge >= 0.3 is 0 Å². The van der Waals surface area contributed by atoms with E-state index in [2.05, 4.69) is 16.8 Å². The number of carbonyl (C=O) groups is 1. The van der Waals surface area contributed by atoms with Gasteiger partial charge in [0.15, 0.2) is 0 Å². The first-order valence-electron chi connectivity index (χ1n) is 8.80. The molecule has 1 N–H and O–H groups in total. The molecule has 2 aromatic rings. The summed E-state index contributed by atoms with van der Waals surface area (Å²) in [6.07, 6.45) is 5.30. The smallest absolute Gasteiger partial charge is 0.254 e. The molecule has 1 aromatic carbocycles. The van der Waals surface area contributed by atoms with Crippen molar-refractivity contribution >= 4 is 11.7 Å². The van der Waals surface area contributed by atoms with Crippen molar-refractivity contribution in [3.63, 3.8) is 0 Å². The van der Waals surface area contributed by atoms with Crippen LogP contribution in [-0.4, -0.2) is 40.5 Å². The number of hydrogen-bond acceptors (Lipinski definition) is 4. The molecule has 0 bridgehead atoms. The number of phenolic OH excluding ortho intramolecular Hbond substituents is 1. The van der Waals surface area contributed by atoms with Crippen LogP contribution in [0.1, 0.15) is 42.1 Å². The lowest BCUT2D eigenvalue weighted by molar-refractivity contribution is 0.0785. The first-order valence-corrected chi connectivity index (χ1v) is 8.80. The number of benzene rings is 1. The number of anilines is 1. The second-order valence-electron chi connectivity index (χ2n) is 6.77. The molecule has 1 aliphatic heterocycles. The van der Waals surface area contributed by atoms with Gasteiger partial charge in [-0.15, -0.1) is 0 Å². The predicted molar refractivity (Wildman–Crippen MR) is 98.8 cm³/mol. The summed E-state index contributed by atoms with van der Waals surface area (Å²) in [5, 5.41) is 9.57. The number of hydrogen-bond donors (Lipinski definition) is 1. The zero-order valence-electron chi connectivity index (χ0n) is 14.9. The van der Waals surface area contributed by atoms with E-state index >= 15 is 0 Å². The van der Waals surface area contributed by atoms with Crippen LogP contribution in [0, 0.1) is 0 Å². The first-order chi connectivity index (χ1) is 12.0. The number of carbonyl (C=O) groups excluding carboxylic acids is 1. The van der Waals surface area contributed by atoms with Crippen LogP contribution in [0.15, 0.2) is 42.6 Å². The fraction of sp³-hybridized carbons (Fsp3) is 0.400. The van der Waals surface area contributed by atoms with Gasteiger partial charge in [0.2, 0.25) is 0 Å². The lowest BCUT2D eigenvalue weighted by Crippen LogP contribution is -2.38. The fourth-order valence-corrected chi connectivity index (χ4v) is 3.37. The average Bonchev–Trinajstić information content (AvgIpc) is 2.61. The number of nitrogens with zero attached hydrogens (tertiary/aromatic N) is 3. The van der Waals surface area contributed by atoms with Crippen LogP contribution in [0.4, 0.5) is 5.82 Å². The Labute approximate surface area is 148 Å². The number of phenols is 1. The van der Waals surface area contributed by atoms with Gasteiger partial charge in [-0.25, -0.2) is 4.98 Å². The molecule has 1 unspecified atom stereocenters. The van der Waals surface area contributed by atoms with E-state index in [-0.39, 0.29) is 11.7 Å². The molecule has 0 aliphatic carbocycles. The summed E-state index contributed by atoms with van der Waals surface area (Å²) in [7, 11) is 1.77. The molecular weight excluding hydrogens is 314 g/mol. The maximum atomic E-state index is 12.8. The predicted octanol–water partition coefficient (Wildman–Crippen LogP) is 3.44. The van der Waals surface area contributed by atoms with Gasteiger partial charge in [-0.3, -0.25) is 4.79 Å². The Bertz CT molecular complexity index is 747. The van der Waals surface area contributed by atoms with E-state index in [1.165, 1.54) is 12.8 Å². The van der Waals surface area contributed by atoms with E-state index in [0.29, 0.717) is 18.2 Å². The molecular formula is C20H25N3O2. The summed E-state index contributed by atoms with van der Waals surface area (Å²) in [5.74, 6) is 1.05. The van der Waals surface area contributed by atoms with Crippen molar-refractivity contribution in [2.24, 2.45) is 0 Å². The van der Waals surface area contributed by atoms with Crippen LogP contribution in [0.25, 0.3) is 0 Å². The second-order valence-corrected chi connectivity index (χ2v) is 6.77. The van der Waals surface area contributed by atoms with Crippen molar-refractivity contribution in [1.82, 2.24) is 9.88 Å². The topological polar surface area (TPSA) is 56.7 Å². The summed E-state index contributed by atoms with van der Waals surface area (Å²) in [6.45, 7) is 3.65.